The molecule has 36 heavy (non-hydrogen) atoms. The zero-order chi connectivity index (χ0) is 25.5. The second kappa shape index (κ2) is 12.7. The minimum atomic E-state index is -0.0796. The zero-order valence-electron chi connectivity index (χ0n) is 21.2. The second-order valence-corrected chi connectivity index (χ2v) is 11.3. The third kappa shape index (κ3) is 6.86. The molecule has 2 amide bonds. The maximum atomic E-state index is 13.5. The van der Waals surface area contributed by atoms with Gasteiger partial charge >= 0.3 is 0 Å². The Labute approximate surface area is 224 Å². The molecule has 1 aliphatic carbocycles. The fourth-order valence-electron chi connectivity index (χ4n) is 5.07. The van der Waals surface area contributed by atoms with Gasteiger partial charge in [-0.2, -0.15) is 0 Å². The van der Waals surface area contributed by atoms with Crippen LogP contribution >= 0.6 is 23.4 Å². The quantitative estimate of drug-likeness (QED) is 0.326. The van der Waals surface area contributed by atoms with Gasteiger partial charge in [0.15, 0.2) is 0 Å². The van der Waals surface area contributed by atoms with E-state index in [1.54, 1.807) is 11.8 Å². The molecule has 1 saturated heterocycles. The van der Waals surface area contributed by atoms with Gasteiger partial charge in [-0.25, -0.2) is 0 Å². The summed E-state index contributed by atoms with van der Waals surface area (Å²) in [4.78, 5) is 31.2. The Hall–Kier alpha value is -2.44. The molecule has 2 atom stereocenters. The van der Waals surface area contributed by atoms with Gasteiger partial charge in [0.1, 0.15) is 6.54 Å². The number of rotatable bonds is 9. The third-order valence-electron chi connectivity index (χ3n) is 6.98. The summed E-state index contributed by atoms with van der Waals surface area (Å²) in [6, 6.07) is 16.1. The Morgan fingerprint density at radius 3 is 2.72 bits per heavy atom. The summed E-state index contributed by atoms with van der Waals surface area (Å²) < 4.78 is 0. The highest BCUT2D eigenvalue weighted by molar-refractivity contribution is 8.04. The van der Waals surface area contributed by atoms with Crippen LogP contribution in [0.25, 0.3) is 6.08 Å². The van der Waals surface area contributed by atoms with Gasteiger partial charge in [-0.3, -0.25) is 9.59 Å². The van der Waals surface area contributed by atoms with Crippen molar-refractivity contribution < 1.29 is 9.59 Å². The molecule has 1 saturated carbocycles. The summed E-state index contributed by atoms with van der Waals surface area (Å²) in [6.45, 7) is 6.76. The van der Waals surface area contributed by atoms with Crippen LogP contribution in [0.15, 0.2) is 53.4 Å². The molecule has 0 aromatic heterocycles. The van der Waals surface area contributed by atoms with Crippen molar-refractivity contribution in [2.45, 2.75) is 57.2 Å². The Morgan fingerprint density at radius 2 is 1.97 bits per heavy atom. The normalized spacial score (nSPS) is 20.8. The van der Waals surface area contributed by atoms with Crippen molar-refractivity contribution in [1.82, 2.24) is 10.2 Å². The minimum absolute atomic E-state index is 0.0372. The van der Waals surface area contributed by atoms with Gasteiger partial charge in [-0.1, -0.05) is 48.7 Å². The molecule has 2 aromatic rings. The van der Waals surface area contributed by atoms with E-state index in [4.69, 9.17) is 11.6 Å². The standard InChI is InChI=1S/C29H36ClN3O2S/c1-3-32(24-9-6-8-21(2)18-24)17-7-16-31-28(34)20-33-25-10-4-5-11-26(25)36-27(29(33)35)19-22-12-14-23(30)15-13-22/h6,8-9,12-15,18-19,25-26H,3-5,7,10-11,16-17,20H2,1-2H3,(H,31,34)/b27-19-. The van der Waals surface area contributed by atoms with E-state index in [2.05, 4.69) is 48.3 Å². The second-order valence-electron chi connectivity index (χ2n) is 9.62. The van der Waals surface area contributed by atoms with Gasteiger partial charge in [-0.15, -0.1) is 11.8 Å². The number of benzene rings is 2. The van der Waals surface area contributed by atoms with Crippen LogP contribution in [0.1, 0.15) is 50.2 Å². The molecule has 0 spiro atoms. The first-order chi connectivity index (χ1) is 17.4. The minimum Gasteiger partial charge on any atom is -0.372 e. The van der Waals surface area contributed by atoms with Crippen molar-refractivity contribution in [3.8, 4) is 0 Å². The number of nitrogens with zero attached hydrogens (tertiary/aromatic N) is 2. The van der Waals surface area contributed by atoms with E-state index in [1.807, 2.05) is 35.2 Å². The van der Waals surface area contributed by atoms with E-state index >= 15 is 0 Å². The summed E-state index contributed by atoms with van der Waals surface area (Å²) in [7, 11) is 0. The molecule has 7 heteroatoms. The molecule has 2 fully saturated rings. The van der Waals surface area contributed by atoms with Crippen LogP contribution in [-0.4, -0.2) is 54.2 Å². The van der Waals surface area contributed by atoms with E-state index in [1.165, 1.54) is 17.7 Å². The van der Waals surface area contributed by atoms with Gasteiger partial charge in [0.05, 0.1) is 4.91 Å². The van der Waals surface area contributed by atoms with Gasteiger partial charge in [-0.05, 0) is 74.6 Å². The molecule has 2 aromatic carbocycles. The number of carbonyl (C=O) groups is 2. The molecule has 0 bridgehead atoms. The topological polar surface area (TPSA) is 52.7 Å². The number of fused-ring (bicyclic) bond motifs is 1. The van der Waals surface area contributed by atoms with Crippen molar-refractivity contribution in [3.05, 3.63) is 69.6 Å². The first-order valence-corrected chi connectivity index (χ1v) is 14.2. The Kier molecular flexibility index (Phi) is 9.38. The van der Waals surface area contributed by atoms with E-state index in [9.17, 15) is 9.59 Å². The van der Waals surface area contributed by atoms with Crippen LogP contribution in [0.4, 0.5) is 5.69 Å². The number of anilines is 1. The van der Waals surface area contributed by atoms with Gasteiger partial charge in [0.2, 0.25) is 5.91 Å². The summed E-state index contributed by atoms with van der Waals surface area (Å²) in [5.74, 6) is -0.117. The lowest BCUT2D eigenvalue weighted by atomic mass is 9.93. The SMILES string of the molecule is CCN(CCCNC(=O)CN1C(=O)/C(=C/c2ccc(Cl)cc2)SC2CCCCC21)c1cccc(C)c1. The number of nitrogens with one attached hydrogen (secondary N) is 1. The van der Waals surface area contributed by atoms with Crippen LogP contribution in [-0.2, 0) is 9.59 Å². The molecule has 1 aliphatic heterocycles. The lowest BCUT2D eigenvalue weighted by Gasteiger charge is -2.43. The van der Waals surface area contributed by atoms with Crippen molar-refractivity contribution >= 4 is 46.9 Å². The van der Waals surface area contributed by atoms with Crippen molar-refractivity contribution in [1.29, 1.82) is 0 Å². The van der Waals surface area contributed by atoms with Crippen LogP contribution in [0.5, 0.6) is 0 Å². The lowest BCUT2D eigenvalue weighted by Crippen LogP contribution is -2.54. The van der Waals surface area contributed by atoms with Crippen molar-refractivity contribution in [2.24, 2.45) is 0 Å². The monoisotopic (exact) mass is 525 g/mol. The average Bonchev–Trinajstić information content (AvgIpc) is 2.88. The van der Waals surface area contributed by atoms with Crippen molar-refractivity contribution in [2.75, 3.05) is 31.1 Å². The highest BCUT2D eigenvalue weighted by Gasteiger charge is 2.41. The summed E-state index contributed by atoms with van der Waals surface area (Å²) in [5.41, 5.74) is 3.40. The molecule has 5 nitrogen and oxygen atoms in total. The van der Waals surface area contributed by atoms with E-state index in [0.717, 1.165) is 44.3 Å². The molecule has 2 aliphatic rings. The maximum Gasteiger partial charge on any atom is 0.261 e. The van der Waals surface area contributed by atoms with E-state index in [0.29, 0.717) is 21.7 Å². The smallest absolute Gasteiger partial charge is 0.261 e. The van der Waals surface area contributed by atoms with Crippen LogP contribution in [0, 0.1) is 6.92 Å². The molecule has 1 N–H and O–H groups in total. The fourth-order valence-corrected chi connectivity index (χ4v) is 6.67. The number of hydrogen-bond acceptors (Lipinski definition) is 4. The Balaban J connectivity index is 1.35. The van der Waals surface area contributed by atoms with Gasteiger partial charge < -0.3 is 15.1 Å². The number of hydrogen-bond donors (Lipinski definition) is 1. The van der Waals surface area contributed by atoms with Crippen LogP contribution < -0.4 is 10.2 Å². The summed E-state index contributed by atoms with van der Waals surface area (Å²) in [6.07, 6.45) is 7.10. The molecular weight excluding hydrogens is 490 g/mol. The highest BCUT2D eigenvalue weighted by Crippen LogP contribution is 2.42. The average molecular weight is 526 g/mol. The first kappa shape index (κ1) is 26.6. The Morgan fingerprint density at radius 1 is 1.19 bits per heavy atom. The maximum absolute atomic E-state index is 13.5. The molecule has 1 heterocycles. The highest BCUT2D eigenvalue weighted by atomic mass is 35.5. The number of thioether (sulfide) groups is 1. The van der Waals surface area contributed by atoms with Crippen LogP contribution in [0.3, 0.4) is 0 Å². The molecule has 2 unspecified atom stereocenters. The molecule has 192 valence electrons. The summed E-state index contributed by atoms with van der Waals surface area (Å²) >= 11 is 7.70. The Bertz CT molecular complexity index is 1090. The van der Waals surface area contributed by atoms with Crippen LogP contribution in [0.2, 0.25) is 5.02 Å². The third-order valence-corrected chi connectivity index (χ3v) is 8.63. The molecular formula is C29H36ClN3O2S. The summed E-state index contributed by atoms with van der Waals surface area (Å²) in [5, 5.41) is 4.07. The number of amides is 2. The number of carbonyl (C=O) groups excluding carboxylic acids is 2. The zero-order valence-corrected chi connectivity index (χ0v) is 22.8. The van der Waals surface area contributed by atoms with Gasteiger partial charge in [0, 0.05) is 41.6 Å². The predicted octanol–water partition coefficient (Wildman–Crippen LogP) is 5.91. The number of halogens is 1. The van der Waals surface area contributed by atoms with E-state index < -0.39 is 0 Å². The molecule has 4 rings (SSSR count). The fraction of sp³-hybridized carbons (Fsp3) is 0.448. The first-order valence-electron chi connectivity index (χ1n) is 13.0. The van der Waals surface area contributed by atoms with Gasteiger partial charge in [0.25, 0.3) is 5.91 Å². The predicted molar refractivity (Wildman–Crippen MR) is 151 cm³/mol. The number of aryl methyl sites for hydroxylation is 1. The van der Waals surface area contributed by atoms with Crippen molar-refractivity contribution in [3.63, 3.8) is 0 Å². The largest absolute Gasteiger partial charge is 0.372 e. The molecule has 0 radical (unpaired) electrons. The lowest BCUT2D eigenvalue weighted by molar-refractivity contribution is -0.135. The van der Waals surface area contributed by atoms with E-state index in [-0.39, 0.29) is 24.4 Å².